The van der Waals surface area contributed by atoms with Gasteiger partial charge in [-0.05, 0) is 63.6 Å². The molecule has 7 nitrogen and oxygen atoms in total. The van der Waals surface area contributed by atoms with E-state index in [0.29, 0.717) is 17.7 Å². The van der Waals surface area contributed by atoms with Crippen LogP contribution in [0.15, 0.2) is 59.4 Å². The minimum absolute atomic E-state index is 0.375. The highest BCUT2D eigenvalue weighted by Gasteiger charge is 2.29. The number of fused-ring (bicyclic) bond motifs is 2. The molecule has 0 unspecified atom stereocenters. The van der Waals surface area contributed by atoms with Crippen LogP contribution in [0.2, 0.25) is 0 Å². The number of benzene rings is 1. The van der Waals surface area contributed by atoms with Gasteiger partial charge in [0.05, 0.1) is 11.9 Å². The number of nitrogens with one attached hydrogen (secondary N) is 1. The molecule has 1 saturated carbocycles. The lowest BCUT2D eigenvalue weighted by atomic mass is 9.81. The van der Waals surface area contributed by atoms with Gasteiger partial charge < -0.3 is 15.5 Å². The number of hydrogen-bond acceptors (Lipinski definition) is 6. The molecular weight excluding hydrogens is 436 g/mol. The summed E-state index contributed by atoms with van der Waals surface area (Å²) < 4.78 is 8.40. The van der Waals surface area contributed by atoms with Gasteiger partial charge >= 0.3 is 0 Å². The highest BCUT2D eigenvalue weighted by Crippen LogP contribution is 2.41. The summed E-state index contributed by atoms with van der Waals surface area (Å²) in [6.07, 6.45) is 10.2. The molecule has 0 amide bonds. The quantitative estimate of drug-likeness (QED) is 0.324. The van der Waals surface area contributed by atoms with Gasteiger partial charge in [0.2, 0.25) is 0 Å². The van der Waals surface area contributed by atoms with Crippen molar-refractivity contribution in [3.8, 4) is 11.5 Å². The first-order chi connectivity index (χ1) is 17.1. The lowest BCUT2D eigenvalue weighted by Gasteiger charge is -2.28. The number of hydrogen-bond donors (Lipinski definition) is 2. The molecular formula is C28H30N6O. The zero-order chi connectivity index (χ0) is 23.9. The summed E-state index contributed by atoms with van der Waals surface area (Å²) in [5, 5.41) is 4.66. The second-order valence-electron chi connectivity index (χ2n) is 9.69. The van der Waals surface area contributed by atoms with Gasteiger partial charge in [0.1, 0.15) is 28.4 Å². The zero-order valence-electron chi connectivity index (χ0n) is 20.2. The summed E-state index contributed by atoms with van der Waals surface area (Å²) in [5.41, 5.74) is 12.1. The summed E-state index contributed by atoms with van der Waals surface area (Å²) in [5.74, 6) is 3.32. The van der Waals surface area contributed by atoms with Crippen LogP contribution >= 0.6 is 0 Å². The molecule has 3 N–H and O–H groups in total. The fraction of sp³-hybridized carbons (Fsp3) is 0.321. The maximum absolute atomic E-state index is 6.38. The predicted molar refractivity (Wildman–Crippen MR) is 140 cm³/mol. The van der Waals surface area contributed by atoms with E-state index in [9.17, 15) is 0 Å². The van der Waals surface area contributed by atoms with Crippen LogP contribution in [0.3, 0.4) is 0 Å². The van der Waals surface area contributed by atoms with Crippen molar-refractivity contribution in [3.05, 3.63) is 72.1 Å². The van der Waals surface area contributed by atoms with E-state index in [1.807, 2.05) is 43.6 Å². The van der Waals surface area contributed by atoms with Crippen LogP contribution in [0.5, 0.6) is 0 Å². The second kappa shape index (κ2) is 8.73. The van der Waals surface area contributed by atoms with E-state index in [4.69, 9.17) is 15.1 Å². The molecule has 178 valence electrons. The van der Waals surface area contributed by atoms with Gasteiger partial charge in [0.15, 0.2) is 5.76 Å². The van der Waals surface area contributed by atoms with Crippen molar-refractivity contribution in [1.82, 2.24) is 19.4 Å². The van der Waals surface area contributed by atoms with E-state index < -0.39 is 0 Å². The lowest BCUT2D eigenvalue weighted by molar-refractivity contribution is 0.330. The van der Waals surface area contributed by atoms with Crippen LogP contribution in [-0.4, -0.2) is 25.9 Å². The molecule has 0 aliphatic heterocycles. The smallest absolute Gasteiger partial charge is 0.159 e. The van der Waals surface area contributed by atoms with Crippen LogP contribution in [0, 0.1) is 19.8 Å². The average molecular weight is 467 g/mol. The van der Waals surface area contributed by atoms with Crippen molar-refractivity contribution in [2.75, 3.05) is 17.6 Å². The molecule has 6 rings (SSSR count). The minimum Gasteiger partial charge on any atom is -0.454 e. The van der Waals surface area contributed by atoms with Gasteiger partial charge in [-0.2, -0.15) is 0 Å². The first kappa shape index (κ1) is 21.6. The number of aryl methyl sites for hydroxylation is 2. The van der Waals surface area contributed by atoms with E-state index in [0.717, 1.165) is 82.9 Å². The molecule has 5 aromatic rings. The van der Waals surface area contributed by atoms with Crippen molar-refractivity contribution < 1.29 is 4.42 Å². The highest BCUT2D eigenvalue weighted by molar-refractivity contribution is 5.92. The number of rotatable bonds is 5. The number of para-hydroxylation sites is 1. The molecule has 0 spiro atoms. The van der Waals surface area contributed by atoms with Crippen molar-refractivity contribution in [2.24, 2.45) is 5.92 Å². The molecule has 1 aliphatic rings. The SMILES string of the molecule is Cc1ccc(NCC2CCC(c3nc(-c4oc5ccccc5c4C)c4c(N)nccn34)CC2)cn1. The van der Waals surface area contributed by atoms with E-state index in [-0.39, 0.29) is 0 Å². The van der Waals surface area contributed by atoms with E-state index in [1.54, 1.807) is 6.20 Å². The van der Waals surface area contributed by atoms with Gasteiger partial charge in [0, 0.05) is 41.5 Å². The van der Waals surface area contributed by atoms with E-state index >= 15 is 0 Å². The number of imidazole rings is 1. The first-order valence-electron chi connectivity index (χ1n) is 12.4. The lowest BCUT2D eigenvalue weighted by Crippen LogP contribution is -2.21. The van der Waals surface area contributed by atoms with Crippen LogP contribution in [0.4, 0.5) is 11.5 Å². The summed E-state index contributed by atoms with van der Waals surface area (Å²) in [6.45, 7) is 5.06. The van der Waals surface area contributed by atoms with Crippen molar-refractivity contribution in [2.45, 2.75) is 45.4 Å². The molecule has 35 heavy (non-hydrogen) atoms. The molecule has 0 bridgehead atoms. The topological polar surface area (TPSA) is 94.3 Å². The van der Waals surface area contributed by atoms with E-state index in [1.165, 1.54) is 0 Å². The van der Waals surface area contributed by atoms with Crippen LogP contribution < -0.4 is 11.1 Å². The summed E-state index contributed by atoms with van der Waals surface area (Å²) in [7, 11) is 0. The molecule has 1 fully saturated rings. The number of furan rings is 1. The average Bonchev–Trinajstić information content (AvgIpc) is 3.43. The third kappa shape index (κ3) is 3.91. The van der Waals surface area contributed by atoms with Crippen molar-refractivity contribution in [3.63, 3.8) is 0 Å². The molecule has 0 radical (unpaired) electrons. The third-order valence-corrected chi connectivity index (χ3v) is 7.39. The molecule has 1 aliphatic carbocycles. The van der Waals surface area contributed by atoms with Crippen molar-refractivity contribution >= 4 is 28.0 Å². The summed E-state index contributed by atoms with van der Waals surface area (Å²) in [6, 6.07) is 12.2. The van der Waals surface area contributed by atoms with Crippen LogP contribution in [0.25, 0.3) is 27.9 Å². The van der Waals surface area contributed by atoms with Crippen molar-refractivity contribution in [1.29, 1.82) is 0 Å². The molecule has 0 atom stereocenters. The summed E-state index contributed by atoms with van der Waals surface area (Å²) >= 11 is 0. The summed E-state index contributed by atoms with van der Waals surface area (Å²) in [4.78, 5) is 13.9. The molecule has 0 saturated heterocycles. The fourth-order valence-corrected chi connectivity index (χ4v) is 5.39. The first-order valence-corrected chi connectivity index (χ1v) is 12.4. The van der Waals surface area contributed by atoms with Crippen LogP contribution in [0.1, 0.15) is 48.7 Å². The van der Waals surface area contributed by atoms with Gasteiger partial charge in [0.25, 0.3) is 0 Å². The number of nitrogens with two attached hydrogens (primary N) is 1. The van der Waals surface area contributed by atoms with Gasteiger partial charge in [-0.1, -0.05) is 18.2 Å². The largest absolute Gasteiger partial charge is 0.454 e. The third-order valence-electron chi connectivity index (χ3n) is 7.39. The number of aromatic nitrogens is 4. The monoisotopic (exact) mass is 466 g/mol. The molecule has 4 aromatic heterocycles. The normalized spacial score (nSPS) is 18.3. The standard InChI is InChI=1S/C28H30N6O/c1-17-7-12-21(16-31-17)32-15-19-8-10-20(11-9-19)28-33-24(25-27(29)30-13-14-34(25)28)26-18(2)22-5-3-4-6-23(22)35-26/h3-7,12-14,16,19-20,32H,8-11,15H2,1-2H3,(H2,29,30). The Kier molecular flexibility index (Phi) is 5.40. The maximum Gasteiger partial charge on any atom is 0.159 e. The zero-order valence-corrected chi connectivity index (χ0v) is 20.2. The van der Waals surface area contributed by atoms with E-state index in [2.05, 4.69) is 38.7 Å². The Morgan fingerprint density at radius 3 is 2.66 bits per heavy atom. The Bertz CT molecular complexity index is 1490. The van der Waals surface area contributed by atoms with Gasteiger partial charge in [-0.15, -0.1) is 0 Å². The molecule has 1 aromatic carbocycles. The van der Waals surface area contributed by atoms with Gasteiger partial charge in [-0.25, -0.2) is 9.97 Å². The minimum atomic E-state index is 0.375. The van der Waals surface area contributed by atoms with Crippen LogP contribution in [-0.2, 0) is 0 Å². The number of pyridine rings is 1. The predicted octanol–water partition coefficient (Wildman–Crippen LogP) is 6.12. The highest BCUT2D eigenvalue weighted by atomic mass is 16.3. The Morgan fingerprint density at radius 1 is 1.06 bits per heavy atom. The molecule has 4 heterocycles. The Hall–Kier alpha value is -3.87. The number of nitrogen functional groups attached to an aromatic ring is 1. The number of nitrogens with zero attached hydrogens (tertiary/aromatic N) is 4. The number of anilines is 2. The fourth-order valence-electron chi connectivity index (χ4n) is 5.39. The Morgan fingerprint density at radius 2 is 1.89 bits per heavy atom. The maximum atomic E-state index is 6.38. The van der Waals surface area contributed by atoms with Gasteiger partial charge in [-0.3, -0.25) is 9.38 Å². The molecule has 7 heteroatoms. The Balaban J connectivity index is 1.26. The second-order valence-corrected chi connectivity index (χ2v) is 9.69. The Labute approximate surface area is 204 Å².